The van der Waals surface area contributed by atoms with E-state index in [-0.39, 0.29) is 17.7 Å². The van der Waals surface area contributed by atoms with Gasteiger partial charge in [-0.25, -0.2) is 0 Å². The third-order valence-electron chi connectivity index (χ3n) is 2.13. The Morgan fingerprint density at radius 3 is 2.77 bits per heavy atom. The number of halogens is 1. The molecule has 0 aliphatic carbocycles. The maximum absolute atomic E-state index is 12.2. The van der Waals surface area contributed by atoms with Gasteiger partial charge in [0.25, 0.3) is 0 Å². The van der Waals surface area contributed by atoms with Crippen LogP contribution in [0.4, 0.5) is 3.89 Å². The minimum atomic E-state index is -0.0112. The van der Waals surface area contributed by atoms with Gasteiger partial charge in [0.1, 0.15) is 0 Å². The van der Waals surface area contributed by atoms with E-state index in [4.69, 9.17) is 0 Å². The van der Waals surface area contributed by atoms with Crippen LogP contribution in [0.25, 0.3) is 0 Å². The monoisotopic (exact) mass is 202 g/mol. The molecule has 2 nitrogen and oxygen atoms in total. The van der Waals surface area contributed by atoms with Crippen molar-refractivity contribution in [3.8, 4) is 0 Å². The van der Waals surface area contributed by atoms with Gasteiger partial charge in [-0.05, 0) is 20.3 Å². The van der Waals surface area contributed by atoms with Crippen molar-refractivity contribution in [1.82, 2.24) is 9.78 Å². The average molecular weight is 202 g/mol. The van der Waals surface area contributed by atoms with Crippen molar-refractivity contribution < 1.29 is 3.89 Å². The minimum absolute atomic E-state index is 0.0112. The predicted octanol–water partition coefficient (Wildman–Crippen LogP) is 3.39. The highest BCUT2D eigenvalue weighted by molar-refractivity contribution is 7.94. The van der Waals surface area contributed by atoms with E-state index in [1.165, 1.54) is 0 Å². The van der Waals surface area contributed by atoms with Crippen molar-refractivity contribution in [2.24, 2.45) is 0 Å². The van der Waals surface area contributed by atoms with Crippen molar-refractivity contribution in [1.29, 1.82) is 0 Å². The summed E-state index contributed by atoms with van der Waals surface area (Å²) >= 11 is 0.240. The first-order valence-electron chi connectivity index (χ1n) is 4.44. The highest BCUT2D eigenvalue weighted by Crippen LogP contribution is 2.24. The second-order valence-electron chi connectivity index (χ2n) is 3.76. The molecule has 1 aromatic rings. The normalized spacial score (nSPS) is 12.0. The van der Waals surface area contributed by atoms with E-state index in [9.17, 15) is 3.89 Å². The Bertz CT molecular complexity index is 270. The van der Waals surface area contributed by atoms with Crippen LogP contribution < -0.4 is 0 Å². The third kappa shape index (κ3) is 2.46. The molecule has 74 valence electrons. The van der Waals surface area contributed by atoms with Crippen LogP contribution in [0.5, 0.6) is 0 Å². The Morgan fingerprint density at radius 1 is 1.62 bits per heavy atom. The van der Waals surface area contributed by atoms with Gasteiger partial charge < -0.3 is 0 Å². The van der Waals surface area contributed by atoms with Crippen molar-refractivity contribution in [2.75, 3.05) is 0 Å². The molecule has 1 heterocycles. The van der Waals surface area contributed by atoms with Gasteiger partial charge in [-0.3, -0.25) is 4.68 Å². The lowest BCUT2D eigenvalue weighted by Gasteiger charge is -2.24. The molecule has 0 amide bonds. The van der Waals surface area contributed by atoms with Crippen LogP contribution in [0.3, 0.4) is 0 Å². The Kier molecular flexibility index (Phi) is 3.36. The molecule has 13 heavy (non-hydrogen) atoms. The molecule has 0 spiro atoms. The van der Waals surface area contributed by atoms with Crippen molar-refractivity contribution in [2.45, 2.75) is 44.0 Å². The number of nitrogens with zero attached hydrogens (tertiary/aromatic N) is 2. The highest BCUT2D eigenvalue weighted by Gasteiger charge is 2.19. The van der Waals surface area contributed by atoms with Crippen LogP contribution in [0, 0.1) is 0 Å². The molecule has 0 atom stereocenters. The molecule has 1 rings (SSSR count). The second kappa shape index (κ2) is 4.13. The molecule has 0 aliphatic heterocycles. The largest absolute Gasteiger partial charge is 0.266 e. The maximum atomic E-state index is 12.2. The van der Waals surface area contributed by atoms with E-state index in [1.54, 1.807) is 12.4 Å². The first-order valence-corrected chi connectivity index (χ1v) is 5.15. The second-order valence-corrected chi connectivity index (χ2v) is 4.39. The molecule has 0 saturated carbocycles. The fourth-order valence-electron chi connectivity index (χ4n) is 1.40. The lowest BCUT2D eigenvalue weighted by Crippen LogP contribution is -2.26. The van der Waals surface area contributed by atoms with Gasteiger partial charge in [0.2, 0.25) is 0 Å². The zero-order valence-corrected chi connectivity index (χ0v) is 9.07. The maximum Gasteiger partial charge on any atom is 0.0845 e. The molecule has 0 saturated heterocycles. The molecule has 4 heteroatoms. The van der Waals surface area contributed by atoms with E-state index in [2.05, 4.69) is 25.9 Å². The van der Waals surface area contributed by atoms with Gasteiger partial charge in [-0.15, -0.1) is 0 Å². The summed E-state index contributed by atoms with van der Waals surface area (Å²) in [5, 5.41) is 4.13. The summed E-state index contributed by atoms with van der Waals surface area (Å²) in [6.45, 7) is 6.35. The van der Waals surface area contributed by atoms with E-state index in [1.807, 2.05) is 4.68 Å². The van der Waals surface area contributed by atoms with Crippen LogP contribution in [-0.2, 0) is 5.54 Å². The SMILES string of the molecule is CCCC(C)(C)n1cc(SF)cn1. The minimum Gasteiger partial charge on any atom is -0.266 e. The summed E-state index contributed by atoms with van der Waals surface area (Å²) in [7, 11) is 0. The summed E-state index contributed by atoms with van der Waals surface area (Å²) in [5.74, 6) is 0. The first-order chi connectivity index (χ1) is 6.10. The molecule has 0 aromatic carbocycles. The quantitative estimate of drug-likeness (QED) is 0.744. The summed E-state index contributed by atoms with van der Waals surface area (Å²) in [6, 6.07) is 0. The van der Waals surface area contributed by atoms with E-state index in [0.29, 0.717) is 4.90 Å². The summed E-state index contributed by atoms with van der Waals surface area (Å²) in [4.78, 5) is 0.573. The lowest BCUT2D eigenvalue weighted by atomic mass is 10.00. The van der Waals surface area contributed by atoms with Gasteiger partial charge in [-0.1, -0.05) is 13.3 Å². The Balaban J connectivity index is 2.80. The molecular formula is C9H15FN2S. The standard InChI is InChI=1S/C9H15FN2S/c1-4-5-9(2,3)12-7-8(13-10)6-11-12/h6-7H,4-5H2,1-3H3. The molecular weight excluding hydrogens is 187 g/mol. The molecule has 0 aliphatic rings. The molecule has 0 unspecified atom stereocenters. The predicted molar refractivity (Wildman–Crippen MR) is 53.4 cm³/mol. The van der Waals surface area contributed by atoms with Gasteiger partial charge in [0, 0.05) is 6.20 Å². The summed E-state index contributed by atoms with van der Waals surface area (Å²) in [5.41, 5.74) is -0.0112. The van der Waals surface area contributed by atoms with Gasteiger partial charge in [0.05, 0.1) is 28.8 Å². The third-order valence-corrected chi connectivity index (χ3v) is 2.52. The van der Waals surface area contributed by atoms with Crippen molar-refractivity contribution in [3.05, 3.63) is 12.4 Å². The summed E-state index contributed by atoms with van der Waals surface area (Å²) < 4.78 is 14.0. The molecule has 0 bridgehead atoms. The van der Waals surface area contributed by atoms with Crippen LogP contribution in [-0.4, -0.2) is 9.78 Å². The Hall–Kier alpha value is -0.510. The van der Waals surface area contributed by atoms with Gasteiger partial charge >= 0.3 is 0 Å². The van der Waals surface area contributed by atoms with Crippen LogP contribution >= 0.6 is 12.1 Å². The van der Waals surface area contributed by atoms with Crippen LogP contribution in [0.15, 0.2) is 17.3 Å². The number of hydrogen-bond acceptors (Lipinski definition) is 2. The molecule has 1 aromatic heterocycles. The average Bonchev–Trinajstić information content (AvgIpc) is 2.52. The van der Waals surface area contributed by atoms with E-state index < -0.39 is 0 Å². The highest BCUT2D eigenvalue weighted by atomic mass is 32.2. The zero-order chi connectivity index (χ0) is 9.90. The van der Waals surface area contributed by atoms with E-state index >= 15 is 0 Å². The van der Waals surface area contributed by atoms with Gasteiger partial charge in [-0.2, -0.15) is 8.98 Å². The Labute approximate surface area is 82.8 Å². The Morgan fingerprint density at radius 2 is 2.31 bits per heavy atom. The zero-order valence-electron chi connectivity index (χ0n) is 8.25. The first kappa shape index (κ1) is 10.6. The van der Waals surface area contributed by atoms with Crippen LogP contribution in [0.1, 0.15) is 33.6 Å². The molecule has 0 N–H and O–H groups in total. The fraction of sp³-hybridized carbons (Fsp3) is 0.667. The topological polar surface area (TPSA) is 17.8 Å². The van der Waals surface area contributed by atoms with Crippen LogP contribution in [0.2, 0.25) is 0 Å². The van der Waals surface area contributed by atoms with Crippen molar-refractivity contribution >= 4 is 12.1 Å². The van der Waals surface area contributed by atoms with Gasteiger partial charge in [0.15, 0.2) is 0 Å². The van der Waals surface area contributed by atoms with Crippen molar-refractivity contribution in [3.63, 3.8) is 0 Å². The fourth-order valence-corrected chi connectivity index (χ4v) is 1.63. The number of hydrogen-bond donors (Lipinski definition) is 0. The molecule has 0 radical (unpaired) electrons. The lowest BCUT2D eigenvalue weighted by molar-refractivity contribution is 0.292. The number of rotatable bonds is 4. The molecule has 0 fully saturated rings. The van der Waals surface area contributed by atoms with E-state index in [0.717, 1.165) is 12.8 Å². The number of aromatic nitrogens is 2. The smallest absolute Gasteiger partial charge is 0.0845 e. The summed E-state index contributed by atoms with van der Waals surface area (Å²) in [6.07, 6.45) is 5.46.